The van der Waals surface area contributed by atoms with E-state index in [0.29, 0.717) is 8.75 Å². The van der Waals surface area contributed by atoms with E-state index in [1.165, 1.54) is 47.0 Å². The molecule has 4 atom stereocenters. The molecule has 14 heteroatoms. The molecule has 0 bridgehead atoms. The number of hydrogen-bond acceptors (Lipinski definition) is 10. The Morgan fingerprint density at radius 2 is 0.923 bits per heavy atom. The zero-order chi connectivity index (χ0) is 18.7. The fourth-order valence-electron chi connectivity index (χ4n) is 2.95. The topological polar surface area (TPSA) is 127 Å². The number of amides is 2. The molecule has 4 rings (SSSR count). The SMILES string of the molecule is O=C(N=C1S[C@H]2CS(=O)(=O)C[C@@H]2S1)C(=O)N=C1S[C@H]2CS(=O)(=O)C[C@H]2S1. The van der Waals surface area contributed by atoms with Gasteiger partial charge in [0.25, 0.3) is 0 Å². The van der Waals surface area contributed by atoms with Crippen molar-refractivity contribution in [3.63, 3.8) is 0 Å². The van der Waals surface area contributed by atoms with Gasteiger partial charge in [-0.25, -0.2) is 16.8 Å². The molecule has 0 spiro atoms. The largest absolute Gasteiger partial charge is 0.338 e. The molecule has 4 aliphatic heterocycles. The van der Waals surface area contributed by atoms with Crippen molar-refractivity contribution >= 4 is 87.3 Å². The van der Waals surface area contributed by atoms with Crippen molar-refractivity contribution in [3.05, 3.63) is 0 Å². The number of sulfone groups is 2. The van der Waals surface area contributed by atoms with Gasteiger partial charge in [0.2, 0.25) is 0 Å². The first-order chi connectivity index (χ1) is 12.1. The summed E-state index contributed by atoms with van der Waals surface area (Å²) < 4.78 is 47.0. The molecule has 0 aromatic heterocycles. The van der Waals surface area contributed by atoms with Gasteiger partial charge in [-0.2, -0.15) is 9.98 Å². The summed E-state index contributed by atoms with van der Waals surface area (Å²) in [7, 11) is -6.05. The molecule has 4 fully saturated rings. The Labute approximate surface area is 167 Å². The molecular weight excluding hydrogens is 461 g/mol. The Hall–Kier alpha value is -0.0200. The first-order valence-corrected chi connectivity index (χ1v) is 14.6. The highest BCUT2D eigenvalue weighted by molar-refractivity contribution is 8.43. The lowest BCUT2D eigenvalue weighted by Crippen LogP contribution is -2.12. The van der Waals surface area contributed by atoms with Crippen molar-refractivity contribution in [2.24, 2.45) is 9.98 Å². The van der Waals surface area contributed by atoms with Gasteiger partial charge in [-0.15, -0.1) is 0 Å². The van der Waals surface area contributed by atoms with Gasteiger partial charge in [-0.05, 0) is 0 Å². The quantitative estimate of drug-likeness (QED) is 0.446. The van der Waals surface area contributed by atoms with Crippen LogP contribution in [0.1, 0.15) is 0 Å². The van der Waals surface area contributed by atoms with Crippen LogP contribution in [-0.2, 0) is 29.3 Å². The van der Waals surface area contributed by atoms with Crippen LogP contribution < -0.4 is 0 Å². The van der Waals surface area contributed by atoms with Crippen LogP contribution in [0.25, 0.3) is 0 Å². The summed E-state index contributed by atoms with van der Waals surface area (Å²) in [4.78, 5) is 31.5. The van der Waals surface area contributed by atoms with E-state index < -0.39 is 31.5 Å². The summed E-state index contributed by atoms with van der Waals surface area (Å²) in [5.74, 6) is -1.70. The third-order valence-electron chi connectivity index (χ3n) is 4.08. The van der Waals surface area contributed by atoms with Crippen LogP contribution in [0.3, 0.4) is 0 Å². The van der Waals surface area contributed by atoms with Crippen LogP contribution in [0.4, 0.5) is 0 Å². The summed E-state index contributed by atoms with van der Waals surface area (Å²) in [5, 5.41) is -0.499. The van der Waals surface area contributed by atoms with Crippen molar-refractivity contribution in [3.8, 4) is 0 Å². The van der Waals surface area contributed by atoms with E-state index in [4.69, 9.17) is 0 Å². The van der Waals surface area contributed by atoms with Crippen molar-refractivity contribution in [2.45, 2.75) is 21.0 Å². The molecule has 2 amide bonds. The zero-order valence-corrected chi connectivity index (χ0v) is 17.8. The molecule has 0 radical (unpaired) electrons. The van der Waals surface area contributed by atoms with Crippen molar-refractivity contribution in [1.82, 2.24) is 0 Å². The van der Waals surface area contributed by atoms with Crippen molar-refractivity contribution < 1.29 is 26.4 Å². The molecule has 0 saturated carbocycles. The highest BCUT2D eigenvalue weighted by Crippen LogP contribution is 2.45. The summed E-state index contributed by atoms with van der Waals surface area (Å²) in [6.45, 7) is 0. The van der Waals surface area contributed by atoms with Crippen LogP contribution in [0.15, 0.2) is 9.98 Å². The van der Waals surface area contributed by atoms with E-state index in [0.717, 1.165) is 0 Å². The molecule has 0 unspecified atom stereocenters. The van der Waals surface area contributed by atoms with E-state index in [-0.39, 0.29) is 44.0 Å². The standard InChI is InChI=1S/C12H12N2O6S6/c15-9(13-11-21-5-1-25(17,18)2-6(5)22-11)10(16)14-12-23-7-3-26(19,20)4-8(7)24-12/h5-8H,1-4H2/t5-,6-,7-,8+/m0/s1. The fourth-order valence-corrected chi connectivity index (χ4v) is 15.4. The monoisotopic (exact) mass is 472 g/mol. The molecule has 26 heavy (non-hydrogen) atoms. The predicted molar refractivity (Wildman–Crippen MR) is 108 cm³/mol. The first kappa shape index (κ1) is 19.3. The Bertz CT molecular complexity index is 833. The van der Waals surface area contributed by atoms with Crippen molar-refractivity contribution in [1.29, 1.82) is 0 Å². The maximum Gasteiger partial charge on any atom is 0.338 e. The minimum atomic E-state index is -3.02. The second-order valence-electron chi connectivity index (χ2n) is 6.14. The molecule has 0 aromatic carbocycles. The van der Waals surface area contributed by atoms with E-state index in [1.807, 2.05) is 0 Å². The van der Waals surface area contributed by atoms with Gasteiger partial charge < -0.3 is 0 Å². The first-order valence-electron chi connectivity index (χ1n) is 7.43. The third-order valence-corrected chi connectivity index (χ3v) is 14.3. The van der Waals surface area contributed by atoms with Gasteiger partial charge in [0.15, 0.2) is 19.7 Å². The van der Waals surface area contributed by atoms with Gasteiger partial charge in [0.1, 0.15) is 8.75 Å². The number of carbonyl (C=O) groups excluding carboxylic acids is 2. The van der Waals surface area contributed by atoms with Gasteiger partial charge >= 0.3 is 11.8 Å². The number of hydrogen-bond donors (Lipinski definition) is 0. The number of rotatable bonds is 0. The van der Waals surface area contributed by atoms with Gasteiger partial charge in [0, 0.05) is 21.0 Å². The summed E-state index contributed by atoms with van der Waals surface area (Å²) in [5.41, 5.74) is 0. The summed E-state index contributed by atoms with van der Waals surface area (Å²) in [6, 6.07) is 0. The number of thioether (sulfide) groups is 4. The average Bonchev–Trinajstić information content (AvgIpc) is 3.14. The predicted octanol–water partition coefficient (Wildman–Crippen LogP) is 0.0428. The Balaban J connectivity index is 1.37. The Morgan fingerprint density at radius 3 is 1.19 bits per heavy atom. The second-order valence-corrected chi connectivity index (χ2v) is 15.9. The fraction of sp³-hybridized carbons (Fsp3) is 0.667. The zero-order valence-electron chi connectivity index (χ0n) is 12.9. The molecule has 4 heterocycles. The maximum atomic E-state index is 12.0. The summed E-state index contributed by atoms with van der Waals surface area (Å²) >= 11 is 4.88. The minimum absolute atomic E-state index is 0.0672. The van der Waals surface area contributed by atoms with E-state index in [2.05, 4.69) is 9.98 Å². The lowest BCUT2D eigenvalue weighted by Gasteiger charge is -1.99. The van der Waals surface area contributed by atoms with Crippen LogP contribution in [-0.4, -0.2) is 81.4 Å². The number of nitrogens with zero attached hydrogens (tertiary/aromatic N) is 2. The Morgan fingerprint density at radius 1 is 0.654 bits per heavy atom. The van der Waals surface area contributed by atoms with Crippen LogP contribution >= 0.6 is 47.0 Å². The highest BCUT2D eigenvalue weighted by atomic mass is 32.2. The number of aliphatic imine (C=N–C) groups is 2. The molecule has 0 N–H and O–H groups in total. The lowest BCUT2D eigenvalue weighted by molar-refractivity contribution is -0.134. The number of carbonyl (C=O) groups is 2. The highest BCUT2D eigenvalue weighted by Gasteiger charge is 2.46. The minimum Gasteiger partial charge on any atom is -0.261 e. The van der Waals surface area contributed by atoms with E-state index in [1.54, 1.807) is 0 Å². The normalized spacial score (nSPS) is 38.3. The molecule has 0 aromatic rings. The number of fused-ring (bicyclic) bond motifs is 2. The maximum absolute atomic E-state index is 12.0. The van der Waals surface area contributed by atoms with Gasteiger partial charge in [0.05, 0.1) is 23.0 Å². The second kappa shape index (κ2) is 6.79. The van der Waals surface area contributed by atoms with Crippen LogP contribution in [0.5, 0.6) is 0 Å². The Kier molecular flexibility index (Phi) is 5.04. The van der Waals surface area contributed by atoms with Crippen LogP contribution in [0, 0.1) is 0 Å². The lowest BCUT2D eigenvalue weighted by atomic mass is 10.4. The third kappa shape index (κ3) is 4.04. The molecule has 0 aliphatic carbocycles. The molecule has 4 aliphatic rings. The molecule has 142 valence electrons. The molecule has 4 saturated heterocycles. The van der Waals surface area contributed by atoms with E-state index in [9.17, 15) is 26.4 Å². The van der Waals surface area contributed by atoms with Gasteiger partial charge in [-0.1, -0.05) is 47.0 Å². The van der Waals surface area contributed by atoms with E-state index >= 15 is 0 Å². The van der Waals surface area contributed by atoms with Crippen molar-refractivity contribution in [2.75, 3.05) is 23.0 Å². The molecule has 8 nitrogen and oxygen atoms in total. The average molecular weight is 473 g/mol. The molecular formula is C12H12N2O6S6. The van der Waals surface area contributed by atoms with Crippen LogP contribution in [0.2, 0.25) is 0 Å². The summed E-state index contributed by atoms with van der Waals surface area (Å²) in [6.07, 6.45) is 0. The smallest absolute Gasteiger partial charge is 0.261 e. The van der Waals surface area contributed by atoms with Gasteiger partial charge in [-0.3, -0.25) is 9.59 Å².